The fraction of sp³-hybridized carbons (Fsp3) is 0.871. The Morgan fingerprint density at radius 2 is 1.54 bits per heavy atom. The molecule has 0 aromatic carbocycles. The van der Waals surface area contributed by atoms with E-state index in [1.807, 2.05) is 13.8 Å². The van der Waals surface area contributed by atoms with Crippen molar-refractivity contribution in [2.45, 2.75) is 119 Å². The number of carbonyl (C=O) groups is 2. The molecule has 0 aromatic rings. The van der Waals surface area contributed by atoms with E-state index in [-0.39, 0.29) is 28.1 Å². The highest BCUT2D eigenvalue weighted by Gasteiger charge is 2.72. The van der Waals surface area contributed by atoms with Gasteiger partial charge in [-0.2, -0.15) is 0 Å². The summed E-state index contributed by atoms with van der Waals surface area (Å²) in [7, 11) is 0. The number of rotatable bonds is 1. The molecule has 0 spiro atoms. The molecule has 0 saturated heterocycles. The summed E-state index contributed by atoms with van der Waals surface area (Å²) in [4.78, 5) is 26.7. The van der Waals surface area contributed by atoms with Gasteiger partial charge in [-0.3, -0.25) is 9.59 Å². The molecule has 3 N–H and O–H groups in total. The molecule has 4 nitrogen and oxygen atoms in total. The Kier molecular flexibility index (Phi) is 5.12. The topological polar surface area (TPSA) is 80.4 Å². The molecule has 5 rings (SSSR count). The number of aliphatic hydroxyl groups is 1. The summed E-state index contributed by atoms with van der Waals surface area (Å²) in [5.74, 6) is 0.165. The van der Waals surface area contributed by atoms with E-state index >= 15 is 0 Å². The van der Waals surface area contributed by atoms with Gasteiger partial charge in [0.15, 0.2) is 5.78 Å². The summed E-state index contributed by atoms with van der Waals surface area (Å²) in [6.45, 7) is 18.5. The Balaban J connectivity index is 1.62. The quantitative estimate of drug-likeness (QED) is 0.466. The fourth-order valence-corrected chi connectivity index (χ4v) is 10.7. The highest BCUT2D eigenvalue weighted by atomic mass is 16.3. The minimum Gasteiger partial charge on any atom is -0.379 e. The zero-order valence-corrected chi connectivity index (χ0v) is 23.5. The summed E-state index contributed by atoms with van der Waals surface area (Å²) in [6, 6.07) is 0. The zero-order chi connectivity index (χ0) is 26.0. The highest BCUT2D eigenvalue weighted by Crippen LogP contribution is 2.75. The predicted molar refractivity (Wildman–Crippen MR) is 139 cm³/mol. The van der Waals surface area contributed by atoms with Crippen LogP contribution in [0.5, 0.6) is 0 Å². The number of amides is 1. The van der Waals surface area contributed by atoms with Crippen molar-refractivity contribution < 1.29 is 14.7 Å². The Hall–Kier alpha value is -1.16. The summed E-state index contributed by atoms with van der Waals surface area (Å²) < 4.78 is 0. The molecule has 0 aliphatic heterocycles. The largest absolute Gasteiger partial charge is 0.379 e. The van der Waals surface area contributed by atoms with Crippen LogP contribution in [0.1, 0.15) is 113 Å². The van der Waals surface area contributed by atoms with E-state index in [4.69, 9.17) is 5.73 Å². The molecule has 0 heterocycles. The minimum absolute atomic E-state index is 0.0126. The molecule has 1 unspecified atom stereocenters. The Morgan fingerprint density at radius 1 is 0.914 bits per heavy atom. The first kappa shape index (κ1) is 25.5. The number of primary amides is 1. The second-order valence-corrected chi connectivity index (χ2v) is 15.8. The maximum atomic E-state index is 14.3. The van der Waals surface area contributed by atoms with Crippen molar-refractivity contribution in [1.82, 2.24) is 0 Å². The van der Waals surface area contributed by atoms with Gasteiger partial charge in [-0.15, -0.1) is 0 Å². The van der Waals surface area contributed by atoms with Crippen LogP contribution in [0.15, 0.2) is 11.6 Å². The molecule has 4 saturated carbocycles. The van der Waals surface area contributed by atoms with Crippen molar-refractivity contribution >= 4 is 11.7 Å². The third kappa shape index (κ3) is 2.95. The first-order valence-electron chi connectivity index (χ1n) is 14.2. The van der Waals surface area contributed by atoms with Crippen LogP contribution < -0.4 is 5.73 Å². The lowest BCUT2D eigenvalue weighted by molar-refractivity contribution is -0.226. The average Bonchev–Trinajstić information content (AvgIpc) is 2.73. The van der Waals surface area contributed by atoms with E-state index in [0.717, 1.165) is 19.3 Å². The van der Waals surface area contributed by atoms with E-state index in [1.54, 1.807) is 0 Å². The molecular formula is C31H49NO3. The van der Waals surface area contributed by atoms with E-state index < -0.39 is 16.9 Å². The van der Waals surface area contributed by atoms with Crippen molar-refractivity contribution in [1.29, 1.82) is 0 Å². The lowest BCUT2D eigenvalue weighted by atomic mass is 9.32. The summed E-state index contributed by atoms with van der Waals surface area (Å²) in [5, 5.41) is 11.4. The van der Waals surface area contributed by atoms with E-state index in [2.05, 4.69) is 47.6 Å². The van der Waals surface area contributed by atoms with Crippen LogP contribution in [0.2, 0.25) is 0 Å². The maximum absolute atomic E-state index is 14.3. The molecule has 0 bridgehead atoms. The predicted octanol–water partition coefficient (Wildman–Crippen LogP) is 6.20. The van der Waals surface area contributed by atoms with Crippen molar-refractivity contribution in [3.05, 3.63) is 11.6 Å². The van der Waals surface area contributed by atoms with Crippen LogP contribution in [-0.4, -0.2) is 22.4 Å². The average molecular weight is 484 g/mol. The molecular weight excluding hydrogens is 434 g/mol. The summed E-state index contributed by atoms with van der Waals surface area (Å²) in [6.07, 6.45) is 11.1. The number of nitrogens with two attached hydrogens (primary N) is 1. The lowest BCUT2D eigenvalue weighted by Gasteiger charge is -2.71. The van der Waals surface area contributed by atoms with Gasteiger partial charge in [-0.1, -0.05) is 61.0 Å². The normalized spacial score (nSPS) is 52.3. The van der Waals surface area contributed by atoms with Gasteiger partial charge >= 0.3 is 0 Å². The van der Waals surface area contributed by atoms with Crippen molar-refractivity contribution in [3.8, 4) is 0 Å². The molecule has 1 amide bonds. The summed E-state index contributed by atoms with van der Waals surface area (Å²) >= 11 is 0. The van der Waals surface area contributed by atoms with Crippen LogP contribution >= 0.6 is 0 Å². The zero-order valence-electron chi connectivity index (χ0n) is 23.5. The van der Waals surface area contributed by atoms with E-state index in [9.17, 15) is 14.7 Å². The first-order valence-corrected chi connectivity index (χ1v) is 14.2. The van der Waals surface area contributed by atoms with Gasteiger partial charge in [-0.25, -0.2) is 0 Å². The molecule has 5 aliphatic rings. The van der Waals surface area contributed by atoms with Gasteiger partial charge in [0, 0.05) is 11.3 Å². The van der Waals surface area contributed by atoms with Crippen molar-refractivity contribution in [3.63, 3.8) is 0 Å². The van der Waals surface area contributed by atoms with Gasteiger partial charge in [-0.05, 0) is 103 Å². The Morgan fingerprint density at radius 3 is 2.17 bits per heavy atom. The van der Waals surface area contributed by atoms with E-state index in [1.165, 1.54) is 31.3 Å². The summed E-state index contributed by atoms with van der Waals surface area (Å²) in [5.41, 5.74) is 5.30. The van der Waals surface area contributed by atoms with Gasteiger partial charge in [0.2, 0.25) is 5.91 Å². The molecule has 5 aliphatic carbocycles. The number of allylic oxidation sites excluding steroid dienone is 2. The molecule has 4 heteroatoms. The van der Waals surface area contributed by atoms with Crippen molar-refractivity contribution in [2.24, 2.45) is 56.0 Å². The van der Waals surface area contributed by atoms with Crippen LogP contribution in [0.25, 0.3) is 0 Å². The van der Waals surface area contributed by atoms with Crippen LogP contribution in [0.3, 0.4) is 0 Å². The van der Waals surface area contributed by atoms with E-state index in [0.29, 0.717) is 35.4 Å². The van der Waals surface area contributed by atoms with Gasteiger partial charge in [0.25, 0.3) is 0 Å². The van der Waals surface area contributed by atoms with Gasteiger partial charge in [0.1, 0.15) is 5.60 Å². The Bertz CT molecular complexity index is 1010. The highest BCUT2D eigenvalue weighted by molar-refractivity contribution is 5.96. The second kappa shape index (κ2) is 7.03. The first-order chi connectivity index (χ1) is 15.9. The molecule has 35 heavy (non-hydrogen) atoms. The van der Waals surface area contributed by atoms with Crippen LogP contribution in [0, 0.1) is 50.2 Å². The third-order valence-corrected chi connectivity index (χ3v) is 13.4. The monoisotopic (exact) mass is 483 g/mol. The molecule has 196 valence electrons. The standard InChI is InChI=1S/C31H49NO3/c1-25(2)11-12-27(5)13-15-29(7)19(20(27)18-25)17-21(33)23-28(6)14-16-31(35,24(32)34)26(3,4)22(28)9-10-30(23,29)8/h17,20,22-23,35H,9-16,18H2,1-8H3,(H2,32,34)/t20-,22?,23-,27-,28+,29-,30-,31-/m1/s1. The fourth-order valence-electron chi connectivity index (χ4n) is 10.7. The number of ketones is 1. The molecule has 0 aromatic heterocycles. The van der Waals surface area contributed by atoms with Gasteiger partial charge in [0.05, 0.1) is 0 Å². The Labute approximate surface area is 212 Å². The molecule has 8 atom stereocenters. The van der Waals surface area contributed by atoms with Crippen LogP contribution in [-0.2, 0) is 9.59 Å². The van der Waals surface area contributed by atoms with Crippen molar-refractivity contribution in [2.75, 3.05) is 0 Å². The second-order valence-electron chi connectivity index (χ2n) is 15.8. The number of hydrogen-bond donors (Lipinski definition) is 2. The SMILES string of the molecule is CC1(C)CC[C@]2(C)CC[C@]3(C)C(=CC(=O)[C@@H]4[C@@]5(C)CC[C@@](O)(C(N)=O)C(C)(C)C5CC[C@]43C)[C@H]2C1. The molecule has 4 fully saturated rings. The smallest absolute Gasteiger partial charge is 0.249 e. The lowest BCUT2D eigenvalue weighted by Crippen LogP contribution is -2.70. The number of hydrogen-bond acceptors (Lipinski definition) is 3. The van der Waals surface area contributed by atoms with Gasteiger partial charge < -0.3 is 10.8 Å². The minimum atomic E-state index is -1.52. The maximum Gasteiger partial charge on any atom is 0.249 e. The number of fused-ring (bicyclic) bond motifs is 7. The van der Waals surface area contributed by atoms with Crippen LogP contribution in [0.4, 0.5) is 0 Å². The molecule has 0 radical (unpaired) electrons. The number of carbonyl (C=O) groups excluding carboxylic acids is 2. The third-order valence-electron chi connectivity index (χ3n) is 13.4.